The Morgan fingerprint density at radius 1 is 0.452 bits per heavy atom. The van der Waals surface area contributed by atoms with E-state index < -0.39 is 5.41 Å². The molecule has 4 heteroatoms. The Hall–Kier alpha value is -1.06. The molecule has 0 bridgehead atoms. The summed E-state index contributed by atoms with van der Waals surface area (Å²) in [6.07, 6.45) is 33.0. The van der Waals surface area contributed by atoms with Crippen molar-refractivity contribution in [1.29, 1.82) is 0 Å². The van der Waals surface area contributed by atoms with Crippen molar-refractivity contribution in [2.75, 3.05) is 13.2 Å². The van der Waals surface area contributed by atoms with Gasteiger partial charge < -0.3 is 9.47 Å². The van der Waals surface area contributed by atoms with E-state index in [2.05, 4.69) is 27.7 Å². The maximum Gasteiger partial charge on any atom is 0.323 e. The van der Waals surface area contributed by atoms with Crippen molar-refractivity contribution in [1.82, 2.24) is 0 Å². The third kappa shape index (κ3) is 20.0. The number of carbonyl (C=O) groups is 2. The molecule has 4 nitrogen and oxygen atoms in total. The summed E-state index contributed by atoms with van der Waals surface area (Å²) in [6.45, 7) is 10.1. The molecule has 42 heavy (non-hydrogen) atoms. The summed E-state index contributed by atoms with van der Waals surface area (Å²) in [6, 6.07) is 0. The molecule has 248 valence electrons. The molecule has 0 saturated heterocycles. The molecule has 0 aromatic rings. The fourth-order valence-electron chi connectivity index (χ4n) is 6.12. The van der Waals surface area contributed by atoms with Crippen LogP contribution in [0.15, 0.2) is 0 Å². The predicted octanol–water partition coefficient (Wildman–Crippen LogP) is 11.9. The van der Waals surface area contributed by atoms with E-state index in [1.54, 1.807) is 0 Å². The van der Waals surface area contributed by atoms with E-state index in [4.69, 9.17) is 9.47 Å². The summed E-state index contributed by atoms with van der Waals surface area (Å²) in [4.78, 5) is 25.5. The van der Waals surface area contributed by atoms with Crippen LogP contribution in [-0.4, -0.2) is 25.2 Å². The van der Waals surface area contributed by atoms with Crippen LogP contribution >= 0.6 is 0 Å². The first-order valence-corrected chi connectivity index (χ1v) is 18.7. The molecule has 0 atom stereocenters. The van der Waals surface area contributed by atoms with Crippen LogP contribution < -0.4 is 0 Å². The van der Waals surface area contributed by atoms with Gasteiger partial charge in [0, 0.05) is 0 Å². The van der Waals surface area contributed by atoms with E-state index >= 15 is 0 Å². The molecule has 1 saturated carbocycles. The fourth-order valence-corrected chi connectivity index (χ4v) is 6.12. The minimum Gasteiger partial charge on any atom is -0.465 e. The second-order valence-electron chi connectivity index (χ2n) is 14.4. The Kier molecular flexibility index (Phi) is 24.4. The topological polar surface area (TPSA) is 52.6 Å². The van der Waals surface area contributed by atoms with Gasteiger partial charge in [0.1, 0.15) is 0 Å². The summed E-state index contributed by atoms with van der Waals surface area (Å²) >= 11 is 0. The van der Waals surface area contributed by atoms with Crippen LogP contribution in [0.2, 0.25) is 0 Å². The van der Waals surface area contributed by atoms with Crippen LogP contribution in [0.3, 0.4) is 0 Å². The van der Waals surface area contributed by atoms with Crippen molar-refractivity contribution in [3.8, 4) is 0 Å². The highest BCUT2D eigenvalue weighted by molar-refractivity contribution is 6.01. The SMILES string of the molecule is CC(C)CCCCCCCCCCCCCOC(=O)C1(C(=O)OCCCCCCCCCCCCCC(C)C)CCC1. The normalized spacial score (nSPS) is 14.3. The van der Waals surface area contributed by atoms with Crippen LogP contribution in [-0.2, 0) is 19.1 Å². The molecule has 0 heterocycles. The third-order valence-corrected chi connectivity index (χ3v) is 9.31. The average Bonchev–Trinajstić information content (AvgIpc) is 2.92. The van der Waals surface area contributed by atoms with Gasteiger partial charge in [0.15, 0.2) is 5.41 Å². The van der Waals surface area contributed by atoms with Crippen molar-refractivity contribution in [2.24, 2.45) is 17.3 Å². The van der Waals surface area contributed by atoms with Crippen LogP contribution in [0.25, 0.3) is 0 Å². The lowest BCUT2D eigenvalue weighted by atomic mass is 9.69. The average molecular weight is 593 g/mol. The summed E-state index contributed by atoms with van der Waals surface area (Å²) in [5, 5.41) is 0. The first kappa shape index (κ1) is 39.0. The minimum atomic E-state index is -1.01. The molecule has 0 aromatic carbocycles. The molecule has 0 aromatic heterocycles. The number of hydrogen-bond acceptors (Lipinski definition) is 4. The van der Waals surface area contributed by atoms with E-state index in [0.717, 1.165) is 43.9 Å². The molecule has 0 amide bonds. The van der Waals surface area contributed by atoms with Gasteiger partial charge in [0.25, 0.3) is 0 Å². The van der Waals surface area contributed by atoms with Gasteiger partial charge in [0.05, 0.1) is 13.2 Å². The first-order chi connectivity index (χ1) is 20.4. The van der Waals surface area contributed by atoms with Crippen molar-refractivity contribution in [3.63, 3.8) is 0 Å². The number of hydrogen-bond donors (Lipinski definition) is 0. The van der Waals surface area contributed by atoms with Crippen LogP contribution in [0.1, 0.15) is 201 Å². The Labute approximate surface area is 262 Å². The van der Waals surface area contributed by atoms with Crippen LogP contribution in [0.4, 0.5) is 0 Å². The lowest BCUT2D eigenvalue weighted by molar-refractivity contribution is -0.179. The molecule has 1 rings (SSSR count). The molecule has 0 aliphatic heterocycles. The van der Waals surface area contributed by atoms with Gasteiger partial charge in [-0.1, -0.05) is 169 Å². The van der Waals surface area contributed by atoms with Gasteiger partial charge in [-0.2, -0.15) is 0 Å². The highest BCUT2D eigenvalue weighted by Gasteiger charge is 2.53. The lowest BCUT2D eigenvalue weighted by Gasteiger charge is -2.36. The minimum absolute atomic E-state index is 0.341. The molecule has 1 aliphatic carbocycles. The number of carbonyl (C=O) groups excluding carboxylic acids is 2. The van der Waals surface area contributed by atoms with E-state index in [9.17, 15) is 9.59 Å². The second kappa shape index (κ2) is 26.4. The number of unbranched alkanes of at least 4 members (excludes halogenated alkanes) is 20. The molecule has 1 fully saturated rings. The zero-order chi connectivity index (χ0) is 30.7. The molecule has 1 aliphatic rings. The maximum atomic E-state index is 12.8. The molecule has 0 unspecified atom stereocenters. The standard InChI is InChI=1S/C38H72O4/c1-34(2)28-23-19-15-11-7-5-9-13-17-21-25-32-41-36(39)38(30-27-31-38)37(40)42-33-26-22-18-14-10-6-8-12-16-20-24-29-35(3)4/h34-35H,5-33H2,1-4H3. The van der Waals surface area contributed by atoms with Gasteiger partial charge >= 0.3 is 11.9 Å². The summed E-state index contributed by atoms with van der Waals surface area (Å²) in [5.41, 5.74) is -1.01. The molecule has 0 radical (unpaired) electrons. The molecular formula is C38H72O4. The van der Waals surface area contributed by atoms with Gasteiger partial charge in [-0.3, -0.25) is 9.59 Å². The van der Waals surface area contributed by atoms with Gasteiger partial charge in [-0.25, -0.2) is 0 Å². The quantitative estimate of drug-likeness (QED) is 0.0473. The molecule has 0 N–H and O–H groups in total. The van der Waals surface area contributed by atoms with Crippen molar-refractivity contribution in [2.45, 2.75) is 201 Å². The Morgan fingerprint density at radius 2 is 0.714 bits per heavy atom. The van der Waals surface area contributed by atoms with E-state index in [1.807, 2.05) is 0 Å². The maximum absolute atomic E-state index is 12.8. The molecular weight excluding hydrogens is 520 g/mol. The monoisotopic (exact) mass is 593 g/mol. The van der Waals surface area contributed by atoms with Crippen LogP contribution in [0.5, 0.6) is 0 Å². The van der Waals surface area contributed by atoms with E-state index in [-0.39, 0.29) is 11.9 Å². The zero-order valence-electron chi connectivity index (χ0n) is 28.8. The Morgan fingerprint density at radius 3 is 0.952 bits per heavy atom. The summed E-state index contributed by atoms with van der Waals surface area (Å²) in [7, 11) is 0. The summed E-state index contributed by atoms with van der Waals surface area (Å²) < 4.78 is 11.1. The Balaban J connectivity index is 1.94. The fraction of sp³-hybridized carbons (Fsp3) is 0.947. The number of ether oxygens (including phenoxy) is 2. The van der Waals surface area contributed by atoms with E-state index in [1.165, 1.54) is 128 Å². The van der Waals surface area contributed by atoms with Crippen molar-refractivity contribution >= 4 is 11.9 Å². The smallest absolute Gasteiger partial charge is 0.323 e. The molecule has 0 spiro atoms. The first-order valence-electron chi connectivity index (χ1n) is 18.7. The number of esters is 2. The third-order valence-electron chi connectivity index (χ3n) is 9.31. The van der Waals surface area contributed by atoms with Gasteiger partial charge in [-0.05, 0) is 43.9 Å². The zero-order valence-corrected chi connectivity index (χ0v) is 28.8. The van der Waals surface area contributed by atoms with E-state index in [0.29, 0.717) is 26.1 Å². The number of rotatable bonds is 30. The predicted molar refractivity (Wildman–Crippen MR) is 179 cm³/mol. The second-order valence-corrected chi connectivity index (χ2v) is 14.4. The van der Waals surface area contributed by atoms with Crippen molar-refractivity contribution in [3.05, 3.63) is 0 Å². The Bertz CT molecular complexity index is 587. The van der Waals surface area contributed by atoms with Gasteiger partial charge in [0.2, 0.25) is 0 Å². The van der Waals surface area contributed by atoms with Gasteiger partial charge in [-0.15, -0.1) is 0 Å². The highest BCUT2D eigenvalue weighted by atomic mass is 16.6. The van der Waals surface area contributed by atoms with Crippen molar-refractivity contribution < 1.29 is 19.1 Å². The summed E-state index contributed by atoms with van der Waals surface area (Å²) in [5.74, 6) is 1.01. The largest absolute Gasteiger partial charge is 0.465 e. The van der Waals surface area contributed by atoms with Crippen LogP contribution in [0, 0.1) is 17.3 Å². The lowest BCUT2D eigenvalue weighted by Crippen LogP contribution is -2.47. The highest BCUT2D eigenvalue weighted by Crippen LogP contribution is 2.43.